The van der Waals surface area contributed by atoms with Crippen molar-refractivity contribution in [2.75, 3.05) is 13.2 Å². The Morgan fingerprint density at radius 2 is 0.462 bits per heavy atom. The van der Waals surface area contributed by atoms with E-state index in [2.05, 4.69) is 45.1 Å². The van der Waals surface area contributed by atoms with Gasteiger partial charge in [-0.25, -0.2) is 0 Å². The van der Waals surface area contributed by atoms with Crippen LogP contribution in [0.15, 0.2) is 24.3 Å². The van der Waals surface area contributed by atoms with Crippen LogP contribution in [0.4, 0.5) is 0 Å². The average Bonchev–Trinajstić information content (AvgIpc) is 3.44. The highest BCUT2D eigenvalue weighted by atomic mass is 16.6. The molecular weight excluding hydrogens is 961 g/mol. The second kappa shape index (κ2) is 67.4. The molecule has 0 amide bonds. The quantitative estimate of drug-likeness (QED) is 0.0261. The van der Waals surface area contributed by atoms with Crippen LogP contribution >= 0.6 is 0 Å². The van der Waals surface area contributed by atoms with Crippen molar-refractivity contribution in [3.05, 3.63) is 24.3 Å². The summed E-state index contributed by atoms with van der Waals surface area (Å²) >= 11 is 0. The summed E-state index contributed by atoms with van der Waals surface area (Å²) < 4.78 is 16.8. The van der Waals surface area contributed by atoms with Gasteiger partial charge in [-0.3, -0.25) is 14.4 Å². The Morgan fingerprint density at radius 1 is 0.256 bits per heavy atom. The molecule has 0 heterocycles. The van der Waals surface area contributed by atoms with Gasteiger partial charge in [0.15, 0.2) is 6.10 Å². The molecule has 1 unspecified atom stereocenters. The van der Waals surface area contributed by atoms with Gasteiger partial charge in [-0.05, 0) is 51.4 Å². The highest BCUT2D eigenvalue weighted by Gasteiger charge is 2.19. The van der Waals surface area contributed by atoms with Gasteiger partial charge in [-0.15, -0.1) is 0 Å². The Kier molecular flexibility index (Phi) is 65.6. The van der Waals surface area contributed by atoms with Gasteiger partial charge in [0.1, 0.15) is 13.2 Å². The predicted octanol–water partition coefficient (Wildman–Crippen LogP) is 24.2. The first kappa shape index (κ1) is 75.9. The van der Waals surface area contributed by atoms with Crippen molar-refractivity contribution in [2.45, 2.75) is 406 Å². The number of ether oxygens (including phenoxy) is 3. The van der Waals surface area contributed by atoms with E-state index < -0.39 is 6.10 Å². The minimum absolute atomic E-state index is 0.0645. The molecule has 0 rings (SSSR count). The first-order valence-corrected chi connectivity index (χ1v) is 35.3. The summed E-state index contributed by atoms with van der Waals surface area (Å²) in [6, 6.07) is 0. The van der Waals surface area contributed by atoms with E-state index in [9.17, 15) is 14.4 Å². The average molecular weight is 1100 g/mol. The van der Waals surface area contributed by atoms with Crippen LogP contribution < -0.4 is 0 Å². The van der Waals surface area contributed by atoms with Crippen molar-refractivity contribution in [1.29, 1.82) is 0 Å². The molecule has 0 fully saturated rings. The van der Waals surface area contributed by atoms with Crippen LogP contribution in [0.1, 0.15) is 400 Å². The lowest BCUT2D eigenvalue weighted by Crippen LogP contribution is -2.30. The summed E-state index contributed by atoms with van der Waals surface area (Å²) in [5, 5.41) is 0. The van der Waals surface area contributed by atoms with Gasteiger partial charge in [-0.1, -0.05) is 353 Å². The first-order chi connectivity index (χ1) is 38.5. The Hall–Kier alpha value is -2.11. The number of hydrogen-bond acceptors (Lipinski definition) is 6. The summed E-state index contributed by atoms with van der Waals surface area (Å²) in [5.74, 6) is -0.849. The zero-order valence-corrected chi connectivity index (χ0v) is 53.0. The second-order valence-electron chi connectivity index (χ2n) is 24.2. The SMILES string of the molecule is CCCCCCC/C=C\C/C=C\CCCCCCCCCCCCCCCCCCCCCCCC(=O)OCC(COC(=O)CCCCCCC)OC(=O)CCCCCCCCCCCCCCCCCCCCCCCC. The van der Waals surface area contributed by atoms with Gasteiger partial charge in [0, 0.05) is 19.3 Å². The van der Waals surface area contributed by atoms with E-state index >= 15 is 0 Å². The molecule has 0 aliphatic heterocycles. The minimum atomic E-state index is -0.763. The monoisotopic (exact) mass is 1100 g/mol. The summed E-state index contributed by atoms with van der Waals surface area (Å²) in [7, 11) is 0. The minimum Gasteiger partial charge on any atom is -0.462 e. The Bertz CT molecular complexity index is 1260. The molecule has 0 N–H and O–H groups in total. The Labute approximate surface area is 487 Å². The van der Waals surface area contributed by atoms with Crippen LogP contribution in [0.3, 0.4) is 0 Å². The number of allylic oxidation sites excluding steroid dienone is 4. The van der Waals surface area contributed by atoms with Crippen LogP contribution in [0, 0.1) is 0 Å². The maximum absolute atomic E-state index is 12.8. The molecule has 0 spiro atoms. The number of esters is 3. The fraction of sp³-hybridized carbons (Fsp3) is 0.903. The van der Waals surface area contributed by atoms with E-state index in [0.717, 1.165) is 70.6 Å². The molecule has 0 aromatic carbocycles. The maximum Gasteiger partial charge on any atom is 0.306 e. The molecule has 0 aliphatic carbocycles. The molecule has 460 valence electrons. The van der Waals surface area contributed by atoms with Crippen molar-refractivity contribution in [3.63, 3.8) is 0 Å². The second-order valence-corrected chi connectivity index (χ2v) is 24.2. The van der Waals surface area contributed by atoms with Crippen LogP contribution in [0.2, 0.25) is 0 Å². The summed E-state index contributed by atoms with van der Waals surface area (Å²) in [6.07, 6.45) is 82.8. The van der Waals surface area contributed by atoms with Crippen molar-refractivity contribution >= 4 is 17.9 Å². The van der Waals surface area contributed by atoms with E-state index in [1.807, 2.05) is 0 Å². The van der Waals surface area contributed by atoms with Crippen LogP contribution in [0.5, 0.6) is 0 Å². The zero-order valence-electron chi connectivity index (χ0n) is 53.0. The normalized spacial score (nSPS) is 12.1. The fourth-order valence-corrected chi connectivity index (χ4v) is 10.9. The molecule has 0 aromatic heterocycles. The van der Waals surface area contributed by atoms with E-state index in [-0.39, 0.29) is 31.1 Å². The van der Waals surface area contributed by atoms with Gasteiger partial charge in [0.05, 0.1) is 0 Å². The van der Waals surface area contributed by atoms with Gasteiger partial charge < -0.3 is 14.2 Å². The Morgan fingerprint density at radius 3 is 0.705 bits per heavy atom. The standard InChI is InChI=1S/C72H136O6/c1-4-7-10-13-15-17-19-21-23-25-27-29-31-32-33-34-35-36-37-38-39-40-41-43-44-46-48-50-52-54-56-59-62-65-71(74)77-68-69(67-76-70(73)64-61-58-12-9-6-3)78-72(75)66-63-60-57-55-53-51-49-47-45-42-30-28-26-24-22-20-18-16-14-11-8-5-2/h19,21,25,27,69H,4-18,20,22-24,26,28-68H2,1-3H3/b21-19-,27-25-. The lowest BCUT2D eigenvalue weighted by Gasteiger charge is -2.18. The number of hydrogen-bond donors (Lipinski definition) is 0. The molecule has 0 saturated carbocycles. The van der Waals surface area contributed by atoms with E-state index in [4.69, 9.17) is 14.2 Å². The highest BCUT2D eigenvalue weighted by Crippen LogP contribution is 2.19. The van der Waals surface area contributed by atoms with Crippen LogP contribution in [0.25, 0.3) is 0 Å². The van der Waals surface area contributed by atoms with Gasteiger partial charge in [0.25, 0.3) is 0 Å². The van der Waals surface area contributed by atoms with Gasteiger partial charge in [-0.2, -0.15) is 0 Å². The molecule has 0 radical (unpaired) electrons. The molecule has 0 aromatic rings. The molecule has 0 bridgehead atoms. The number of carbonyl (C=O) groups is 3. The van der Waals surface area contributed by atoms with Crippen LogP contribution in [-0.2, 0) is 28.6 Å². The number of carbonyl (C=O) groups excluding carboxylic acids is 3. The third-order valence-corrected chi connectivity index (χ3v) is 16.2. The highest BCUT2D eigenvalue weighted by molar-refractivity contribution is 5.71. The third-order valence-electron chi connectivity index (χ3n) is 16.2. The summed E-state index contributed by atoms with van der Waals surface area (Å²) in [4.78, 5) is 38.0. The molecule has 6 nitrogen and oxygen atoms in total. The van der Waals surface area contributed by atoms with Crippen molar-refractivity contribution in [2.24, 2.45) is 0 Å². The largest absolute Gasteiger partial charge is 0.462 e. The molecule has 6 heteroatoms. The molecule has 0 saturated heterocycles. The Balaban J connectivity index is 3.88. The topological polar surface area (TPSA) is 78.9 Å². The third kappa shape index (κ3) is 64.7. The molecule has 0 aliphatic rings. The molecule has 1 atom stereocenters. The van der Waals surface area contributed by atoms with Crippen molar-refractivity contribution < 1.29 is 28.6 Å². The first-order valence-electron chi connectivity index (χ1n) is 35.3. The lowest BCUT2D eigenvalue weighted by atomic mass is 10.0. The number of unbranched alkanes of at least 4 members (excludes halogenated alkanes) is 51. The van der Waals surface area contributed by atoms with Crippen molar-refractivity contribution in [3.8, 4) is 0 Å². The van der Waals surface area contributed by atoms with Gasteiger partial charge >= 0.3 is 17.9 Å². The summed E-state index contributed by atoms with van der Waals surface area (Å²) in [6.45, 7) is 6.62. The lowest BCUT2D eigenvalue weighted by molar-refractivity contribution is -0.167. The fourth-order valence-electron chi connectivity index (χ4n) is 10.9. The van der Waals surface area contributed by atoms with Crippen LogP contribution in [-0.4, -0.2) is 37.2 Å². The number of rotatable bonds is 66. The van der Waals surface area contributed by atoms with E-state index in [1.54, 1.807) is 0 Å². The molecular formula is C72H136O6. The van der Waals surface area contributed by atoms with E-state index in [1.165, 1.54) is 289 Å². The molecule has 78 heavy (non-hydrogen) atoms. The maximum atomic E-state index is 12.8. The van der Waals surface area contributed by atoms with E-state index in [0.29, 0.717) is 19.3 Å². The van der Waals surface area contributed by atoms with Crippen molar-refractivity contribution in [1.82, 2.24) is 0 Å². The zero-order chi connectivity index (χ0) is 56.4. The smallest absolute Gasteiger partial charge is 0.306 e. The predicted molar refractivity (Wildman–Crippen MR) is 340 cm³/mol. The van der Waals surface area contributed by atoms with Gasteiger partial charge in [0.2, 0.25) is 0 Å². The summed E-state index contributed by atoms with van der Waals surface area (Å²) in [5.41, 5.74) is 0.